The molecule has 1 nitrogen and oxygen atoms in total. The first-order valence-electron chi connectivity index (χ1n) is 6.41. The van der Waals surface area contributed by atoms with E-state index in [1.807, 2.05) is 25.0 Å². The van der Waals surface area contributed by atoms with E-state index in [9.17, 15) is 5.11 Å². The molecule has 0 aliphatic heterocycles. The molecule has 4 radical (unpaired) electrons. The summed E-state index contributed by atoms with van der Waals surface area (Å²) in [6, 6.07) is 0. The van der Waals surface area contributed by atoms with E-state index in [2.05, 4.69) is 43.9 Å². The molecule has 0 spiro atoms. The van der Waals surface area contributed by atoms with Gasteiger partial charge in [-0.25, -0.2) is 0 Å². The van der Waals surface area contributed by atoms with E-state index in [4.69, 9.17) is 0 Å². The molecule has 2 aliphatic rings. The Morgan fingerprint density at radius 2 is 1.56 bits per heavy atom. The van der Waals surface area contributed by atoms with E-state index in [0.717, 1.165) is 24.0 Å². The molecule has 94 valence electrons. The van der Waals surface area contributed by atoms with Crippen LogP contribution in [0.1, 0.15) is 12.8 Å². The number of hydrogen-bond acceptors (Lipinski definition) is 1. The highest BCUT2D eigenvalue weighted by atomic mass is 28.3. The minimum Gasteiger partial charge on any atom is -0.370 e. The minimum atomic E-state index is -1.49. The van der Waals surface area contributed by atoms with Gasteiger partial charge in [-0.2, -0.15) is 0 Å². The predicted molar refractivity (Wildman–Crippen MR) is 78.7 cm³/mol. The zero-order chi connectivity index (χ0) is 13.2. The summed E-state index contributed by atoms with van der Waals surface area (Å²) in [5, 5.41) is 11.0. The first kappa shape index (κ1) is 13.6. The van der Waals surface area contributed by atoms with Crippen molar-refractivity contribution in [2.75, 3.05) is 0 Å². The van der Waals surface area contributed by atoms with Crippen molar-refractivity contribution >= 4 is 8.07 Å². The van der Waals surface area contributed by atoms with Crippen LogP contribution in [0, 0.1) is 37.1 Å². The average molecular weight is 256 g/mol. The number of allylic oxidation sites excluding steroid dienone is 2. The van der Waals surface area contributed by atoms with Crippen molar-refractivity contribution in [1.29, 1.82) is 0 Å². The Kier molecular flexibility index (Phi) is 3.84. The molecule has 0 saturated carbocycles. The topological polar surface area (TPSA) is 20.2 Å². The summed E-state index contributed by atoms with van der Waals surface area (Å²) in [6.07, 6.45) is 13.7. The molecule has 0 aromatic heterocycles. The molecule has 2 aliphatic carbocycles. The van der Waals surface area contributed by atoms with E-state index in [1.54, 1.807) is 0 Å². The highest BCUT2D eigenvalue weighted by molar-refractivity contribution is 6.83. The van der Waals surface area contributed by atoms with Crippen molar-refractivity contribution in [3.63, 3.8) is 0 Å². The molecule has 0 aromatic carbocycles. The van der Waals surface area contributed by atoms with Gasteiger partial charge in [0.1, 0.15) is 8.07 Å². The summed E-state index contributed by atoms with van der Waals surface area (Å²) in [7, 11) is -1.49. The fourth-order valence-electron chi connectivity index (χ4n) is 2.08. The molecule has 0 bridgehead atoms. The van der Waals surface area contributed by atoms with Crippen LogP contribution in [0.3, 0.4) is 0 Å². The van der Waals surface area contributed by atoms with Crippen LogP contribution in [0.2, 0.25) is 19.6 Å². The van der Waals surface area contributed by atoms with Crippen molar-refractivity contribution in [3.8, 4) is 11.5 Å². The van der Waals surface area contributed by atoms with Gasteiger partial charge in [0.05, 0.1) is 0 Å². The molecule has 0 heterocycles. The van der Waals surface area contributed by atoms with Crippen LogP contribution in [-0.2, 0) is 0 Å². The zero-order valence-corrected chi connectivity index (χ0v) is 12.3. The SMILES string of the molecule is C[Si](C)(C)C#CC(O)(C1=C[CH][CH]C1)C1=C[CH][CH]C1. The molecule has 1 N–H and O–H groups in total. The van der Waals surface area contributed by atoms with E-state index >= 15 is 0 Å². The molecule has 0 fully saturated rings. The van der Waals surface area contributed by atoms with Crippen LogP contribution in [0.15, 0.2) is 23.3 Å². The smallest absolute Gasteiger partial charge is 0.168 e. The highest BCUT2D eigenvalue weighted by Crippen LogP contribution is 2.37. The van der Waals surface area contributed by atoms with Gasteiger partial charge < -0.3 is 5.11 Å². The maximum absolute atomic E-state index is 11.0. The normalized spacial score (nSPS) is 20.2. The molecule has 0 amide bonds. The summed E-state index contributed by atoms with van der Waals surface area (Å²) in [6.45, 7) is 6.59. The average Bonchev–Trinajstić information content (AvgIpc) is 2.97. The lowest BCUT2D eigenvalue weighted by molar-refractivity contribution is 0.174. The van der Waals surface area contributed by atoms with E-state index in [-0.39, 0.29) is 0 Å². The molecule has 0 aromatic rings. The van der Waals surface area contributed by atoms with Crippen molar-refractivity contribution < 1.29 is 5.11 Å². The van der Waals surface area contributed by atoms with Crippen LogP contribution in [0.25, 0.3) is 0 Å². The van der Waals surface area contributed by atoms with Crippen LogP contribution in [-0.4, -0.2) is 18.8 Å². The third kappa shape index (κ3) is 2.96. The Morgan fingerprint density at radius 3 is 1.89 bits per heavy atom. The number of rotatable bonds is 2. The fourth-order valence-corrected chi connectivity index (χ4v) is 2.63. The largest absolute Gasteiger partial charge is 0.370 e. The standard InChI is InChI=1S/C16H20OSi/c1-18(2,3)13-12-16(17,14-8-4-5-9-14)15-10-6-7-11-15/h4-8,10,17H,9,11H2,1-3H3. The Hall–Kier alpha value is -0.783. The Labute approximate surface area is 112 Å². The first-order chi connectivity index (χ1) is 8.42. The zero-order valence-electron chi connectivity index (χ0n) is 11.3. The lowest BCUT2D eigenvalue weighted by Crippen LogP contribution is -2.32. The van der Waals surface area contributed by atoms with E-state index < -0.39 is 13.7 Å². The monoisotopic (exact) mass is 256 g/mol. The van der Waals surface area contributed by atoms with Crippen molar-refractivity contribution in [1.82, 2.24) is 0 Å². The van der Waals surface area contributed by atoms with Gasteiger partial charge in [-0.3, -0.25) is 0 Å². The summed E-state index contributed by atoms with van der Waals surface area (Å²) in [4.78, 5) is 0. The van der Waals surface area contributed by atoms with Gasteiger partial charge in [0.2, 0.25) is 0 Å². The van der Waals surface area contributed by atoms with Crippen molar-refractivity contribution in [3.05, 3.63) is 49.0 Å². The maximum Gasteiger partial charge on any atom is 0.168 e. The van der Waals surface area contributed by atoms with Crippen LogP contribution in [0.4, 0.5) is 0 Å². The maximum atomic E-state index is 11.0. The van der Waals surface area contributed by atoms with Crippen LogP contribution in [0.5, 0.6) is 0 Å². The lowest BCUT2D eigenvalue weighted by Gasteiger charge is -2.26. The molecule has 0 unspecified atom stereocenters. The second-order valence-electron chi connectivity index (χ2n) is 5.86. The molecule has 2 rings (SSSR count). The Balaban J connectivity index is 2.35. The highest BCUT2D eigenvalue weighted by Gasteiger charge is 2.36. The summed E-state index contributed by atoms with van der Waals surface area (Å²) >= 11 is 0. The van der Waals surface area contributed by atoms with Crippen molar-refractivity contribution in [2.45, 2.75) is 38.1 Å². The van der Waals surface area contributed by atoms with Gasteiger partial charge in [-0.15, -0.1) is 5.54 Å². The summed E-state index contributed by atoms with van der Waals surface area (Å²) in [5.74, 6) is 3.17. The molecular weight excluding hydrogens is 236 g/mol. The first-order valence-corrected chi connectivity index (χ1v) is 9.91. The summed E-state index contributed by atoms with van der Waals surface area (Å²) in [5.41, 5.74) is 4.26. The second kappa shape index (κ2) is 5.07. The van der Waals surface area contributed by atoms with Gasteiger partial charge in [-0.1, -0.05) is 37.7 Å². The van der Waals surface area contributed by atoms with Gasteiger partial charge >= 0.3 is 0 Å². The molecule has 0 atom stereocenters. The Bertz CT molecular complexity index is 416. The third-order valence-corrected chi connectivity index (χ3v) is 3.97. The quantitative estimate of drug-likeness (QED) is 0.594. The van der Waals surface area contributed by atoms with Gasteiger partial charge in [0.25, 0.3) is 0 Å². The van der Waals surface area contributed by atoms with E-state index in [0.29, 0.717) is 0 Å². The van der Waals surface area contributed by atoms with Crippen molar-refractivity contribution in [2.24, 2.45) is 0 Å². The lowest BCUT2D eigenvalue weighted by atomic mass is 9.85. The minimum absolute atomic E-state index is 0.800. The Morgan fingerprint density at radius 1 is 1.06 bits per heavy atom. The third-order valence-electron chi connectivity index (χ3n) is 3.09. The van der Waals surface area contributed by atoms with Crippen LogP contribution < -0.4 is 0 Å². The van der Waals surface area contributed by atoms with Gasteiger partial charge in [0, 0.05) is 0 Å². The number of hydrogen-bond donors (Lipinski definition) is 1. The molecule has 18 heavy (non-hydrogen) atoms. The van der Waals surface area contributed by atoms with Gasteiger partial charge in [-0.05, 0) is 49.7 Å². The summed E-state index contributed by atoms with van der Waals surface area (Å²) < 4.78 is 0. The van der Waals surface area contributed by atoms with Crippen LogP contribution >= 0.6 is 0 Å². The number of aliphatic hydroxyl groups is 1. The molecule has 2 heteroatoms. The molecule has 0 saturated heterocycles. The molecular formula is C16H20OSi. The second-order valence-corrected chi connectivity index (χ2v) is 10.6. The predicted octanol–water partition coefficient (Wildman–Crippen LogP) is 3.08. The fraction of sp³-hybridized carbons (Fsp3) is 0.375. The van der Waals surface area contributed by atoms with Gasteiger partial charge in [0.15, 0.2) is 5.60 Å². The van der Waals surface area contributed by atoms with E-state index in [1.165, 1.54) is 0 Å².